The van der Waals surface area contributed by atoms with E-state index in [0.717, 1.165) is 24.7 Å². The van der Waals surface area contributed by atoms with Gasteiger partial charge in [0.2, 0.25) is 0 Å². The van der Waals surface area contributed by atoms with Gasteiger partial charge in [-0.1, -0.05) is 243 Å². The fourth-order valence-electron chi connectivity index (χ4n) is 1.73. The molecule has 0 saturated carbocycles. The minimum absolute atomic E-state index is 0. The Hall–Kier alpha value is -4.72. The molecule has 0 amide bonds. The first-order valence-electron chi connectivity index (χ1n) is 23.6. The highest BCUT2D eigenvalue weighted by Crippen LogP contribution is 2.01. The van der Waals surface area contributed by atoms with E-state index in [4.69, 9.17) is 43.3 Å². The second kappa shape index (κ2) is 448. The number of aliphatic carboxylic acids is 1. The second-order valence-electron chi connectivity index (χ2n) is 8.74. The number of nitrogens with zero attached hydrogens (tertiary/aromatic N) is 9. The Morgan fingerprint density at radius 2 is 0.731 bits per heavy atom. The predicted octanol–water partition coefficient (Wildman–Crippen LogP) is 21.4. The van der Waals surface area contributed by atoms with Crippen molar-refractivity contribution >= 4 is 27.0 Å². The molecular weight excluding hydrogens is 839 g/mol. The van der Waals surface area contributed by atoms with Gasteiger partial charge in [-0.2, -0.15) is 0 Å². The second-order valence-corrected chi connectivity index (χ2v) is 8.74. The molecule has 15 heteroatoms. The summed E-state index contributed by atoms with van der Waals surface area (Å²) in [6.45, 7) is 59.4. The molecule has 3 N–H and O–H groups in total. The van der Waals surface area contributed by atoms with Gasteiger partial charge >= 0.3 is 0 Å². The normalized spacial score (nSPS) is 5.31. The largest absolute Gasteiger partial charge is 0.483 e. The molecule has 0 aliphatic rings. The third-order valence-electron chi connectivity index (χ3n) is 2.78. The Labute approximate surface area is 429 Å². The Morgan fingerprint density at radius 3 is 0.731 bits per heavy atom. The molecule has 0 aromatic heterocycles. The van der Waals surface area contributed by atoms with Gasteiger partial charge in [-0.15, -0.1) is 43.1 Å². The smallest absolute Gasteiger partial charge is 0.300 e. The van der Waals surface area contributed by atoms with Crippen molar-refractivity contribution in [3.05, 3.63) is 31.3 Å². The molecule has 2 radical (unpaired) electrons. The Balaban J connectivity index is -0.0000000151. The first kappa shape index (κ1) is 144. The van der Waals surface area contributed by atoms with E-state index >= 15 is 0 Å². The Kier molecular flexibility index (Phi) is 965. The van der Waals surface area contributed by atoms with Crippen molar-refractivity contribution in [2.75, 3.05) is 21.1 Å². The average Bonchev–Trinajstić information content (AvgIpc) is 3.32. The monoisotopic (exact) mass is 971 g/mol. The van der Waals surface area contributed by atoms with Gasteiger partial charge in [0.1, 0.15) is 0 Å². The number of aliphatic imine (C=N–C) groups is 1. The van der Waals surface area contributed by atoms with Gasteiger partial charge in [0.05, 0.1) is 7.85 Å². The van der Waals surface area contributed by atoms with Crippen molar-refractivity contribution in [1.82, 2.24) is 0 Å². The zero-order valence-corrected chi connectivity index (χ0v) is 49.6. The molecule has 0 aliphatic carbocycles. The molecule has 0 rings (SSSR count). The van der Waals surface area contributed by atoms with Gasteiger partial charge in [0.15, 0.2) is 0 Å². The van der Waals surface area contributed by atoms with Crippen LogP contribution in [-0.2, 0) is 9.59 Å². The highest BCUT2D eigenvalue weighted by molar-refractivity contribution is 6.05. The van der Waals surface area contributed by atoms with Crippen LogP contribution in [0.25, 0.3) is 31.3 Å². The molecule has 0 bridgehead atoms. The number of terminal acetylenes is 3. The van der Waals surface area contributed by atoms with Crippen LogP contribution in [0.5, 0.6) is 0 Å². The van der Waals surface area contributed by atoms with Gasteiger partial charge in [0, 0.05) is 39.3 Å². The van der Waals surface area contributed by atoms with E-state index in [1.165, 1.54) is 52.6 Å². The number of azide groups is 2. The fourth-order valence-corrected chi connectivity index (χ4v) is 1.73. The van der Waals surface area contributed by atoms with Crippen LogP contribution in [0.3, 0.4) is 0 Å². The summed E-state index contributed by atoms with van der Waals surface area (Å²) in [6, 6.07) is 0. The average molecular weight is 971 g/mol. The van der Waals surface area contributed by atoms with E-state index in [1.807, 2.05) is 111 Å². The lowest BCUT2D eigenvalue weighted by atomic mass is 10.1. The minimum Gasteiger partial charge on any atom is -0.483 e. The van der Waals surface area contributed by atoms with Gasteiger partial charge < -0.3 is 15.2 Å². The highest BCUT2D eigenvalue weighted by atomic mass is 16.4. The van der Waals surface area contributed by atoms with E-state index < -0.39 is 5.97 Å². The highest BCUT2D eigenvalue weighted by Gasteiger charge is 1.86. The summed E-state index contributed by atoms with van der Waals surface area (Å²) in [7, 11) is 8.93. The van der Waals surface area contributed by atoms with Gasteiger partial charge in [-0.3, -0.25) is 9.59 Å². The number of hydrogen-bond acceptors (Lipinski definition) is 6. The van der Waals surface area contributed by atoms with Crippen molar-refractivity contribution in [2.45, 2.75) is 254 Å². The van der Waals surface area contributed by atoms with Gasteiger partial charge in [-0.25, -0.2) is 0 Å². The van der Waals surface area contributed by atoms with Crippen LogP contribution < -0.4 is 0 Å². The SMILES string of the molecule is C.C.C#C.C#CC.C#CC.C=NC.CC.CC.CC.CC.CC.CC.CC.CC.CC(=O)O.CCCC(C)C.CCCC(C)C.CCCC(C)C.CN=[N+]=[N-].CN=[N+]=[N-].O=CO.[3H]C[B].[N-]=[N+]=N. The lowest BCUT2D eigenvalue weighted by Crippen LogP contribution is -1.81. The number of nitrogens with one attached hydrogen (secondary N) is 1. The van der Waals surface area contributed by atoms with Crippen LogP contribution in [0.4, 0.5) is 0 Å². The molecule has 0 aliphatic heterocycles. The third-order valence-corrected chi connectivity index (χ3v) is 2.78. The predicted molar refractivity (Wildman–Crippen MR) is 321 cm³/mol. The molecule has 0 atom stereocenters. The topological polar surface area (TPSA) is 245 Å². The summed E-state index contributed by atoms with van der Waals surface area (Å²) in [4.78, 5) is 27.1. The maximum absolute atomic E-state index is 9.00. The van der Waals surface area contributed by atoms with Gasteiger partial charge in [0.25, 0.3) is 12.4 Å². The summed E-state index contributed by atoms with van der Waals surface area (Å²) in [5.41, 5.74) is 26.9. The molecule has 67 heavy (non-hydrogen) atoms. The van der Waals surface area contributed by atoms with Crippen LogP contribution in [0.1, 0.15) is 249 Å². The van der Waals surface area contributed by atoms with E-state index in [-0.39, 0.29) is 28.1 Å². The van der Waals surface area contributed by atoms with E-state index in [1.54, 1.807) is 25.8 Å². The number of rotatable bonds is 6. The first-order valence-corrected chi connectivity index (χ1v) is 22.9. The lowest BCUT2D eigenvalue weighted by molar-refractivity contribution is -0.134. The molecule has 0 aromatic rings. The molecule has 0 aromatic carbocycles. The molecule has 14 nitrogen and oxygen atoms in total. The molecule has 0 fully saturated rings. The molecule has 0 saturated heterocycles. The summed E-state index contributed by atoms with van der Waals surface area (Å²) in [6.07, 6.45) is 25.3. The maximum atomic E-state index is 9.00. The molecule has 0 unspecified atom stereocenters. The molecule has 0 spiro atoms. The zero-order chi connectivity index (χ0) is 59.6. The maximum Gasteiger partial charge on any atom is 0.300 e. The van der Waals surface area contributed by atoms with Crippen molar-refractivity contribution in [1.29, 1.82) is 5.53 Å². The van der Waals surface area contributed by atoms with Crippen molar-refractivity contribution in [3.8, 4) is 37.5 Å². The van der Waals surface area contributed by atoms with Crippen LogP contribution in [-0.4, -0.2) is 58.4 Å². The zero-order valence-electron chi connectivity index (χ0n) is 50.6. The van der Waals surface area contributed by atoms with Crippen LogP contribution >= 0.6 is 0 Å². The van der Waals surface area contributed by atoms with E-state index in [0.29, 0.717) is 0 Å². The van der Waals surface area contributed by atoms with Crippen molar-refractivity contribution in [3.63, 3.8) is 0 Å². The van der Waals surface area contributed by atoms with E-state index in [9.17, 15) is 0 Å². The quantitative estimate of drug-likeness (QED) is 0.0447. The van der Waals surface area contributed by atoms with E-state index in [2.05, 4.69) is 139 Å². The molecule has 414 valence electrons. The summed E-state index contributed by atoms with van der Waals surface area (Å²) >= 11 is 0. The Morgan fingerprint density at radius 1 is 0.672 bits per heavy atom. The summed E-state index contributed by atoms with van der Waals surface area (Å²) < 4.78 is 5.99. The number of carboxylic acids is 1. The number of carboxylic acid groups (broad SMARTS) is 2. The van der Waals surface area contributed by atoms with Crippen molar-refractivity contribution in [2.24, 2.45) is 33.0 Å². The van der Waals surface area contributed by atoms with Crippen LogP contribution in [0.2, 0.25) is 6.80 Å². The number of carbonyl (C=O) groups is 2. The minimum atomic E-state index is -0.833. The van der Waals surface area contributed by atoms with Crippen molar-refractivity contribution < 1.29 is 21.2 Å². The van der Waals surface area contributed by atoms with Gasteiger partial charge in [-0.05, 0) is 59.8 Å². The summed E-state index contributed by atoms with van der Waals surface area (Å²) in [5.74, 6) is 6.36. The molecule has 0 heterocycles. The Bertz CT molecular complexity index is 730. The number of hydrogen-bond donors (Lipinski definition) is 3. The summed E-state index contributed by atoms with van der Waals surface area (Å²) in [5, 5.41) is 20.1. The van der Waals surface area contributed by atoms with Crippen LogP contribution in [0, 0.1) is 60.8 Å². The fraction of sp³-hybridized carbons (Fsp3) is 0.827. The standard InChI is InChI=1S/3C6H14.2C3H4.C2H5N.C2H4O2.8C2H6.C2H2.CH3B.2CH3N3.CH2O2.2CH4.HN3/c3*1-4-5-6(2)3;3*1-3-2;1-2(3)4;10*1-2;2*1-3-4-2;2-1-3;;;1-3-2/h3*6H,4-5H2,1-3H3;2*1H,2H3;1H2,2H3;1H3,(H,3,4);8*1-2H3;1-2H;1H3;2*1H3;1H,(H,2,3);2*1H4;1H/i;;;;;;;;;;;;;;;;1T;;;;;;. The van der Waals surface area contributed by atoms with Crippen LogP contribution in [0.15, 0.2) is 15.2 Å². The molecular formula is C52H129BN10O4. The lowest BCUT2D eigenvalue weighted by Gasteiger charge is -1.95. The third kappa shape index (κ3) is 5450. The first-order chi connectivity index (χ1) is 31.4.